The van der Waals surface area contributed by atoms with Crippen LogP contribution in [0.3, 0.4) is 0 Å². The number of para-hydroxylation sites is 1. The average Bonchev–Trinajstić information content (AvgIpc) is 3.49. The van der Waals surface area contributed by atoms with Crippen LogP contribution in [0.2, 0.25) is 0 Å². The summed E-state index contributed by atoms with van der Waals surface area (Å²) in [6.45, 7) is 0. The maximum Gasteiger partial charge on any atom is 0.338 e. The first-order valence-corrected chi connectivity index (χ1v) is 11.0. The van der Waals surface area contributed by atoms with Gasteiger partial charge in [0.1, 0.15) is 23.4 Å². The number of methoxy groups -OCH3 is 1. The lowest BCUT2D eigenvalue weighted by Crippen LogP contribution is -2.30. The van der Waals surface area contributed by atoms with Gasteiger partial charge in [-0.15, -0.1) is 0 Å². The van der Waals surface area contributed by atoms with Gasteiger partial charge in [0.05, 0.1) is 30.1 Å². The summed E-state index contributed by atoms with van der Waals surface area (Å²) in [4.78, 5) is 18.5. The second kappa shape index (κ2) is 9.07. The highest BCUT2D eigenvalue weighted by Gasteiger charge is 2.43. The number of hydrogen-bond acceptors (Lipinski definition) is 5. The molecule has 4 aromatic rings. The number of ether oxygens (including phenoxy) is 1. The smallest absolute Gasteiger partial charge is 0.338 e. The van der Waals surface area contributed by atoms with Crippen molar-refractivity contribution in [3.63, 3.8) is 0 Å². The van der Waals surface area contributed by atoms with Gasteiger partial charge >= 0.3 is 5.97 Å². The molecule has 5 rings (SSSR count). The normalized spacial score (nSPS) is 17.5. The Bertz CT molecular complexity index is 1360. The molecule has 0 spiro atoms. The summed E-state index contributed by atoms with van der Waals surface area (Å²) in [6.07, 6.45) is 1.70. The number of thiocarbonyl (C=S) groups is 1. The van der Waals surface area contributed by atoms with Crippen LogP contribution in [0.15, 0.2) is 89.5 Å². The molecule has 0 radical (unpaired) electrons. The SMILES string of the molecule is COC(=O)c1ccccc1-c1ccc([C@H]2[C@@H](c3ccccn3)NC(=S)N2c2ccccc2F)o1. The monoisotopic (exact) mass is 473 g/mol. The molecule has 8 heteroatoms. The first kappa shape index (κ1) is 21.8. The van der Waals surface area contributed by atoms with E-state index < -0.39 is 17.8 Å². The van der Waals surface area contributed by atoms with Gasteiger partial charge in [-0.25, -0.2) is 9.18 Å². The Morgan fingerprint density at radius 3 is 2.59 bits per heavy atom. The average molecular weight is 474 g/mol. The summed E-state index contributed by atoms with van der Waals surface area (Å²) >= 11 is 5.62. The number of halogens is 1. The van der Waals surface area contributed by atoms with E-state index in [9.17, 15) is 9.18 Å². The van der Waals surface area contributed by atoms with Crippen LogP contribution in [-0.4, -0.2) is 23.2 Å². The number of esters is 1. The van der Waals surface area contributed by atoms with Gasteiger partial charge in [0, 0.05) is 11.8 Å². The van der Waals surface area contributed by atoms with Crippen molar-refractivity contribution in [1.29, 1.82) is 0 Å². The van der Waals surface area contributed by atoms with Gasteiger partial charge < -0.3 is 19.4 Å². The third-order valence-electron chi connectivity index (χ3n) is 5.73. The van der Waals surface area contributed by atoms with Gasteiger partial charge in [0.15, 0.2) is 5.11 Å². The first-order valence-electron chi connectivity index (χ1n) is 10.6. The summed E-state index contributed by atoms with van der Waals surface area (Å²) in [7, 11) is 1.33. The van der Waals surface area contributed by atoms with Crippen molar-refractivity contribution >= 4 is 29.0 Å². The molecule has 1 aliphatic heterocycles. The van der Waals surface area contributed by atoms with Gasteiger partial charge in [0.2, 0.25) is 0 Å². The second-order valence-electron chi connectivity index (χ2n) is 7.69. The summed E-state index contributed by atoms with van der Waals surface area (Å²) in [6, 6.07) is 21.8. The second-order valence-corrected chi connectivity index (χ2v) is 8.07. The number of aromatic nitrogens is 1. The molecular weight excluding hydrogens is 453 g/mol. The van der Waals surface area contributed by atoms with Crippen molar-refractivity contribution in [2.75, 3.05) is 12.0 Å². The van der Waals surface area contributed by atoms with Crippen molar-refractivity contribution < 1.29 is 18.3 Å². The van der Waals surface area contributed by atoms with Crippen molar-refractivity contribution in [2.45, 2.75) is 12.1 Å². The van der Waals surface area contributed by atoms with Gasteiger partial charge in [-0.05, 0) is 54.7 Å². The number of carbonyl (C=O) groups is 1. The summed E-state index contributed by atoms with van der Waals surface area (Å²) in [5.41, 5.74) is 2.05. The van der Waals surface area contributed by atoms with Crippen molar-refractivity contribution in [3.8, 4) is 11.3 Å². The molecule has 2 aromatic carbocycles. The number of furan rings is 1. The summed E-state index contributed by atoms with van der Waals surface area (Å²) in [5.74, 6) is 0.167. The molecule has 0 saturated carbocycles. The molecule has 1 aliphatic rings. The third kappa shape index (κ3) is 3.82. The summed E-state index contributed by atoms with van der Waals surface area (Å²) in [5, 5.41) is 3.64. The minimum Gasteiger partial charge on any atom is -0.465 e. The number of benzene rings is 2. The van der Waals surface area contributed by atoms with E-state index in [2.05, 4.69) is 10.3 Å². The molecule has 1 fully saturated rings. The lowest BCUT2D eigenvalue weighted by molar-refractivity contribution is 0.0601. The van der Waals surface area contributed by atoms with E-state index in [1.54, 1.807) is 53.6 Å². The number of carbonyl (C=O) groups excluding carboxylic acids is 1. The molecule has 0 aliphatic carbocycles. The van der Waals surface area contributed by atoms with Crippen LogP contribution < -0.4 is 10.2 Å². The van der Waals surface area contributed by atoms with Crippen molar-refractivity contribution in [2.24, 2.45) is 0 Å². The van der Waals surface area contributed by atoms with E-state index in [-0.39, 0.29) is 6.04 Å². The molecule has 6 nitrogen and oxygen atoms in total. The Hall–Kier alpha value is -4.04. The minimum atomic E-state index is -0.515. The predicted molar refractivity (Wildman–Crippen MR) is 130 cm³/mol. The molecule has 170 valence electrons. The molecule has 1 saturated heterocycles. The first-order chi connectivity index (χ1) is 16.6. The Labute approximate surface area is 201 Å². The van der Waals surface area contributed by atoms with Crippen molar-refractivity contribution in [3.05, 3.63) is 108 Å². The van der Waals surface area contributed by atoms with Crippen LogP contribution in [0, 0.1) is 5.82 Å². The highest BCUT2D eigenvalue weighted by atomic mass is 32.1. The molecule has 0 bridgehead atoms. The van der Waals surface area contributed by atoms with Gasteiger partial charge in [-0.1, -0.05) is 36.4 Å². The Morgan fingerprint density at radius 2 is 1.82 bits per heavy atom. The zero-order valence-corrected chi connectivity index (χ0v) is 19.0. The van der Waals surface area contributed by atoms with Gasteiger partial charge in [-0.2, -0.15) is 0 Å². The van der Waals surface area contributed by atoms with E-state index in [1.165, 1.54) is 13.2 Å². The molecule has 3 heterocycles. The number of anilines is 1. The molecule has 0 amide bonds. The van der Waals surface area contributed by atoms with E-state index >= 15 is 0 Å². The van der Waals surface area contributed by atoms with Gasteiger partial charge in [-0.3, -0.25) is 4.98 Å². The summed E-state index contributed by atoms with van der Waals surface area (Å²) < 4.78 is 26.1. The maximum absolute atomic E-state index is 14.9. The Balaban J connectivity index is 1.62. The fraction of sp³-hybridized carbons (Fsp3) is 0.115. The largest absolute Gasteiger partial charge is 0.465 e. The Morgan fingerprint density at radius 1 is 1.06 bits per heavy atom. The fourth-order valence-electron chi connectivity index (χ4n) is 4.19. The van der Waals surface area contributed by atoms with Crippen molar-refractivity contribution in [1.82, 2.24) is 10.3 Å². The molecule has 0 unspecified atom stereocenters. The minimum absolute atomic E-state index is 0.330. The zero-order chi connectivity index (χ0) is 23.7. The lowest BCUT2D eigenvalue weighted by Gasteiger charge is -2.26. The predicted octanol–water partition coefficient (Wildman–Crippen LogP) is 5.44. The standard InChI is InChI=1S/C26H20FN3O3S/c1-32-25(31)17-9-3-2-8-16(17)21-13-14-22(33-21)24-23(19-11-6-7-15-28-19)29-26(34)30(24)20-12-5-4-10-18(20)27/h2-15,23-24H,1H3,(H,29,34)/t23-,24+/m1/s1. The lowest BCUT2D eigenvalue weighted by atomic mass is 10.0. The van der Waals surface area contributed by atoms with Crippen LogP contribution in [-0.2, 0) is 4.74 Å². The van der Waals surface area contributed by atoms with E-state index in [0.717, 1.165) is 5.69 Å². The number of pyridine rings is 1. The molecular formula is C26H20FN3O3S. The van der Waals surface area contributed by atoms with Crippen LogP contribution in [0.4, 0.5) is 10.1 Å². The topological polar surface area (TPSA) is 67.6 Å². The Kier molecular flexibility index (Phi) is 5.81. The van der Waals surface area contributed by atoms with Crippen LogP contribution in [0.5, 0.6) is 0 Å². The number of hydrogen-bond donors (Lipinski definition) is 1. The molecule has 34 heavy (non-hydrogen) atoms. The quantitative estimate of drug-likeness (QED) is 0.306. The van der Waals surface area contributed by atoms with Crippen LogP contribution >= 0.6 is 12.2 Å². The van der Waals surface area contributed by atoms with E-state index in [4.69, 9.17) is 21.4 Å². The highest BCUT2D eigenvalue weighted by molar-refractivity contribution is 7.80. The van der Waals surface area contributed by atoms with Crippen LogP contribution in [0.1, 0.15) is 33.9 Å². The van der Waals surface area contributed by atoms with Gasteiger partial charge in [0.25, 0.3) is 0 Å². The highest BCUT2D eigenvalue weighted by Crippen LogP contribution is 2.43. The molecule has 1 N–H and O–H groups in total. The zero-order valence-electron chi connectivity index (χ0n) is 18.1. The third-order valence-corrected chi connectivity index (χ3v) is 6.04. The van der Waals surface area contributed by atoms with Crippen LogP contribution in [0.25, 0.3) is 11.3 Å². The molecule has 2 aromatic heterocycles. The van der Waals surface area contributed by atoms with E-state index in [0.29, 0.717) is 33.4 Å². The maximum atomic E-state index is 14.9. The fourth-order valence-corrected chi connectivity index (χ4v) is 4.53. The number of nitrogens with one attached hydrogen (secondary N) is 1. The number of rotatable bonds is 5. The number of nitrogens with zero attached hydrogens (tertiary/aromatic N) is 2. The van der Waals surface area contributed by atoms with E-state index in [1.807, 2.05) is 30.3 Å². The molecule has 2 atom stereocenters.